The molecular weight excluding hydrogens is 228 g/mol. The minimum absolute atomic E-state index is 0.468. The molecule has 2 nitrogen and oxygen atoms in total. The summed E-state index contributed by atoms with van der Waals surface area (Å²) in [6, 6.07) is 2.78. The second-order valence-corrected chi connectivity index (χ2v) is 6.03. The number of hydrogen-bond donors (Lipinski definition) is 1. The Labute approximate surface area is 110 Å². The molecule has 0 fully saturated rings. The van der Waals surface area contributed by atoms with E-state index in [9.17, 15) is 0 Å². The van der Waals surface area contributed by atoms with Crippen LogP contribution in [0.25, 0.3) is 0 Å². The molecule has 0 aliphatic carbocycles. The van der Waals surface area contributed by atoms with Gasteiger partial charge in [0.25, 0.3) is 0 Å². The lowest BCUT2D eigenvalue weighted by molar-refractivity contribution is 0.298. The maximum atomic E-state index is 3.62. The van der Waals surface area contributed by atoms with Gasteiger partial charge in [0.2, 0.25) is 0 Å². The molecule has 1 rings (SSSR count). The Balaban J connectivity index is 2.39. The third-order valence-corrected chi connectivity index (χ3v) is 4.30. The summed E-state index contributed by atoms with van der Waals surface area (Å²) in [6.07, 6.45) is 0. The zero-order chi connectivity index (χ0) is 12.8. The summed E-state index contributed by atoms with van der Waals surface area (Å²) >= 11 is 1.90. The number of nitrogens with zero attached hydrogens (tertiary/aromatic N) is 1. The number of thiophene rings is 1. The summed E-state index contributed by atoms with van der Waals surface area (Å²) in [5.41, 5.74) is 1.46. The molecule has 0 aromatic carbocycles. The van der Waals surface area contributed by atoms with E-state index in [-0.39, 0.29) is 0 Å². The number of aryl methyl sites for hydroxylation is 2. The summed E-state index contributed by atoms with van der Waals surface area (Å²) in [6.45, 7) is 15.6. The average molecular weight is 254 g/mol. The van der Waals surface area contributed by atoms with Crippen molar-refractivity contribution in [2.75, 3.05) is 26.2 Å². The molecule has 17 heavy (non-hydrogen) atoms. The van der Waals surface area contributed by atoms with Gasteiger partial charge in [0.1, 0.15) is 0 Å². The van der Waals surface area contributed by atoms with Gasteiger partial charge in [-0.1, -0.05) is 13.8 Å². The summed E-state index contributed by atoms with van der Waals surface area (Å²) < 4.78 is 0. The minimum Gasteiger partial charge on any atom is -0.309 e. The van der Waals surface area contributed by atoms with Crippen molar-refractivity contribution in [2.24, 2.45) is 0 Å². The molecule has 1 aromatic heterocycles. The van der Waals surface area contributed by atoms with Crippen LogP contribution >= 0.6 is 11.3 Å². The zero-order valence-corrected chi connectivity index (χ0v) is 12.7. The van der Waals surface area contributed by atoms with Crippen molar-refractivity contribution in [3.8, 4) is 0 Å². The Bertz CT molecular complexity index is 329. The predicted molar refractivity (Wildman–Crippen MR) is 78.0 cm³/mol. The maximum absolute atomic E-state index is 3.62. The van der Waals surface area contributed by atoms with E-state index < -0.39 is 0 Å². The summed E-state index contributed by atoms with van der Waals surface area (Å²) in [4.78, 5) is 5.31. The predicted octanol–water partition coefficient (Wildman–Crippen LogP) is 3.36. The third-order valence-electron chi connectivity index (χ3n) is 3.32. The number of hydrogen-bond acceptors (Lipinski definition) is 3. The lowest BCUT2D eigenvalue weighted by Gasteiger charge is -2.20. The maximum Gasteiger partial charge on any atom is 0.0303 e. The van der Waals surface area contributed by atoms with Gasteiger partial charge in [-0.25, -0.2) is 0 Å². The Kier molecular flexibility index (Phi) is 6.17. The molecule has 1 aromatic rings. The van der Waals surface area contributed by atoms with Crippen LogP contribution in [0.1, 0.15) is 42.1 Å². The fraction of sp³-hybridized carbons (Fsp3) is 0.714. The van der Waals surface area contributed by atoms with Crippen LogP contribution in [0, 0.1) is 13.8 Å². The molecule has 1 unspecified atom stereocenters. The first-order valence-electron chi connectivity index (χ1n) is 6.61. The fourth-order valence-corrected chi connectivity index (χ4v) is 3.19. The standard InChI is InChI=1S/C14H26N2S/c1-6-16(7-2)9-8-15-12(4)14-10-11(3)17-13(14)5/h10,12,15H,6-9H2,1-5H3. The van der Waals surface area contributed by atoms with Crippen LogP contribution in [0.3, 0.4) is 0 Å². The van der Waals surface area contributed by atoms with Crippen LogP contribution in [0.15, 0.2) is 6.07 Å². The van der Waals surface area contributed by atoms with E-state index in [4.69, 9.17) is 0 Å². The number of nitrogens with one attached hydrogen (secondary N) is 1. The number of rotatable bonds is 7. The fourth-order valence-electron chi connectivity index (χ4n) is 2.17. The van der Waals surface area contributed by atoms with Gasteiger partial charge in [-0.05, 0) is 45.5 Å². The van der Waals surface area contributed by atoms with Gasteiger partial charge in [0, 0.05) is 28.9 Å². The molecule has 3 heteroatoms. The van der Waals surface area contributed by atoms with E-state index in [1.165, 1.54) is 15.3 Å². The highest BCUT2D eigenvalue weighted by molar-refractivity contribution is 7.12. The van der Waals surface area contributed by atoms with E-state index >= 15 is 0 Å². The lowest BCUT2D eigenvalue weighted by Crippen LogP contribution is -2.33. The van der Waals surface area contributed by atoms with Crippen molar-refractivity contribution < 1.29 is 0 Å². The smallest absolute Gasteiger partial charge is 0.0303 e. The quantitative estimate of drug-likeness (QED) is 0.802. The minimum atomic E-state index is 0.468. The normalized spacial score (nSPS) is 13.3. The van der Waals surface area contributed by atoms with Gasteiger partial charge < -0.3 is 10.2 Å². The first-order chi connectivity index (χ1) is 8.08. The van der Waals surface area contributed by atoms with Crippen LogP contribution in [0.4, 0.5) is 0 Å². The van der Waals surface area contributed by atoms with E-state index in [2.05, 4.69) is 50.9 Å². The van der Waals surface area contributed by atoms with Gasteiger partial charge in [0.15, 0.2) is 0 Å². The average Bonchev–Trinajstić information content (AvgIpc) is 2.64. The summed E-state index contributed by atoms with van der Waals surface area (Å²) in [5, 5.41) is 3.62. The summed E-state index contributed by atoms with van der Waals surface area (Å²) in [7, 11) is 0. The van der Waals surface area contributed by atoms with Crippen LogP contribution < -0.4 is 5.32 Å². The van der Waals surface area contributed by atoms with Crippen LogP contribution in [-0.2, 0) is 0 Å². The molecule has 0 saturated carbocycles. The molecule has 0 aliphatic rings. The topological polar surface area (TPSA) is 15.3 Å². The Morgan fingerprint density at radius 3 is 2.41 bits per heavy atom. The number of likely N-dealkylation sites (N-methyl/N-ethyl adjacent to an activating group) is 1. The van der Waals surface area contributed by atoms with E-state index in [0.29, 0.717) is 6.04 Å². The second kappa shape index (κ2) is 7.14. The van der Waals surface area contributed by atoms with E-state index in [1.807, 2.05) is 11.3 Å². The SMILES string of the molecule is CCN(CC)CCNC(C)c1cc(C)sc1C. The van der Waals surface area contributed by atoms with Gasteiger partial charge in [-0.3, -0.25) is 0 Å². The molecule has 1 N–H and O–H groups in total. The molecule has 98 valence electrons. The zero-order valence-electron chi connectivity index (χ0n) is 11.8. The van der Waals surface area contributed by atoms with Gasteiger partial charge in [-0.2, -0.15) is 0 Å². The van der Waals surface area contributed by atoms with Crippen LogP contribution in [-0.4, -0.2) is 31.1 Å². The largest absolute Gasteiger partial charge is 0.309 e. The van der Waals surface area contributed by atoms with Crippen LogP contribution in [0.5, 0.6) is 0 Å². The van der Waals surface area contributed by atoms with Gasteiger partial charge >= 0.3 is 0 Å². The highest BCUT2D eigenvalue weighted by Gasteiger charge is 2.10. The van der Waals surface area contributed by atoms with Gasteiger partial charge in [0.05, 0.1) is 0 Å². The Hall–Kier alpha value is -0.380. The Morgan fingerprint density at radius 1 is 1.29 bits per heavy atom. The van der Waals surface area contributed by atoms with Crippen molar-refractivity contribution in [1.29, 1.82) is 0 Å². The van der Waals surface area contributed by atoms with E-state index in [1.54, 1.807) is 0 Å². The Morgan fingerprint density at radius 2 is 1.94 bits per heavy atom. The molecule has 0 spiro atoms. The molecule has 0 radical (unpaired) electrons. The monoisotopic (exact) mass is 254 g/mol. The molecule has 0 saturated heterocycles. The van der Waals surface area contributed by atoms with Gasteiger partial charge in [-0.15, -0.1) is 11.3 Å². The molecule has 0 amide bonds. The van der Waals surface area contributed by atoms with Crippen molar-refractivity contribution in [2.45, 2.75) is 40.7 Å². The highest BCUT2D eigenvalue weighted by atomic mass is 32.1. The summed E-state index contributed by atoms with van der Waals surface area (Å²) in [5.74, 6) is 0. The van der Waals surface area contributed by atoms with Crippen LogP contribution in [0.2, 0.25) is 0 Å². The molecule has 0 aliphatic heterocycles. The van der Waals surface area contributed by atoms with Crippen molar-refractivity contribution in [3.63, 3.8) is 0 Å². The molecule has 0 bridgehead atoms. The molecule has 1 atom stereocenters. The van der Waals surface area contributed by atoms with Crippen molar-refractivity contribution in [1.82, 2.24) is 10.2 Å². The van der Waals surface area contributed by atoms with Crippen molar-refractivity contribution >= 4 is 11.3 Å². The van der Waals surface area contributed by atoms with E-state index in [0.717, 1.165) is 26.2 Å². The lowest BCUT2D eigenvalue weighted by atomic mass is 10.1. The van der Waals surface area contributed by atoms with Crippen molar-refractivity contribution in [3.05, 3.63) is 21.4 Å². The molecule has 1 heterocycles. The second-order valence-electron chi connectivity index (χ2n) is 4.57. The highest BCUT2D eigenvalue weighted by Crippen LogP contribution is 2.25. The third kappa shape index (κ3) is 4.41. The molecular formula is C14H26N2S. The first kappa shape index (κ1) is 14.7. The first-order valence-corrected chi connectivity index (χ1v) is 7.42.